The second-order valence-corrected chi connectivity index (χ2v) is 4.61. The highest BCUT2D eigenvalue weighted by atomic mass is 19.4. The molecule has 0 spiro atoms. The highest BCUT2D eigenvalue weighted by Gasteiger charge is 2.33. The Morgan fingerprint density at radius 1 is 1.25 bits per heavy atom. The zero-order valence-electron chi connectivity index (χ0n) is 11.8. The predicted molar refractivity (Wildman–Crippen MR) is 72.7 cm³/mol. The molecule has 0 bridgehead atoms. The van der Waals surface area contributed by atoms with Gasteiger partial charge in [-0.15, -0.1) is 0 Å². The molecule has 20 heavy (non-hydrogen) atoms. The molecule has 0 aliphatic heterocycles. The van der Waals surface area contributed by atoms with Gasteiger partial charge < -0.3 is 10.5 Å². The molecule has 114 valence electrons. The number of halogens is 3. The van der Waals surface area contributed by atoms with Crippen LogP contribution in [0.4, 0.5) is 13.2 Å². The van der Waals surface area contributed by atoms with E-state index < -0.39 is 18.8 Å². The van der Waals surface area contributed by atoms with Crippen LogP contribution in [-0.4, -0.2) is 37.8 Å². The van der Waals surface area contributed by atoms with Crippen molar-refractivity contribution >= 4 is 0 Å². The van der Waals surface area contributed by atoms with Crippen LogP contribution < -0.4 is 10.5 Å². The van der Waals surface area contributed by atoms with Gasteiger partial charge in [0.05, 0.1) is 13.7 Å². The Morgan fingerprint density at radius 2 is 1.85 bits per heavy atom. The Bertz CT molecular complexity index is 392. The van der Waals surface area contributed by atoms with Crippen LogP contribution >= 0.6 is 0 Å². The van der Waals surface area contributed by atoms with E-state index in [1.807, 2.05) is 6.92 Å². The van der Waals surface area contributed by atoms with Gasteiger partial charge in [0, 0.05) is 12.6 Å². The fourth-order valence-electron chi connectivity index (χ4n) is 2.18. The van der Waals surface area contributed by atoms with E-state index in [-0.39, 0.29) is 6.54 Å². The van der Waals surface area contributed by atoms with E-state index >= 15 is 0 Å². The van der Waals surface area contributed by atoms with Crippen molar-refractivity contribution in [3.05, 3.63) is 29.8 Å². The maximum absolute atomic E-state index is 12.7. The van der Waals surface area contributed by atoms with Crippen LogP contribution in [-0.2, 0) is 0 Å². The van der Waals surface area contributed by atoms with Crippen LogP contribution in [0.3, 0.4) is 0 Å². The molecule has 0 heterocycles. The normalized spacial score (nSPS) is 13.6. The monoisotopic (exact) mass is 290 g/mol. The summed E-state index contributed by atoms with van der Waals surface area (Å²) in [5.41, 5.74) is 6.45. The first-order chi connectivity index (χ1) is 9.41. The lowest BCUT2D eigenvalue weighted by Gasteiger charge is -2.31. The van der Waals surface area contributed by atoms with Gasteiger partial charge in [0.1, 0.15) is 5.75 Å². The molecule has 1 atom stereocenters. The lowest BCUT2D eigenvalue weighted by Crippen LogP contribution is -2.40. The van der Waals surface area contributed by atoms with Crippen molar-refractivity contribution in [1.82, 2.24) is 4.90 Å². The minimum absolute atomic E-state index is 0.141. The SMILES string of the molecule is CCCN(CC(F)(F)F)C(CN)c1ccc(OC)cc1. The highest BCUT2D eigenvalue weighted by Crippen LogP contribution is 2.26. The van der Waals surface area contributed by atoms with Crippen molar-refractivity contribution in [2.75, 3.05) is 26.7 Å². The van der Waals surface area contributed by atoms with E-state index in [4.69, 9.17) is 10.5 Å². The third-order valence-corrected chi connectivity index (χ3v) is 3.06. The summed E-state index contributed by atoms with van der Waals surface area (Å²) < 4.78 is 43.0. The Balaban J connectivity index is 2.93. The quantitative estimate of drug-likeness (QED) is 0.839. The van der Waals surface area contributed by atoms with Crippen LogP contribution in [0.1, 0.15) is 24.9 Å². The minimum atomic E-state index is -4.23. The lowest BCUT2D eigenvalue weighted by molar-refractivity contribution is -0.150. The molecule has 1 aromatic rings. The van der Waals surface area contributed by atoms with Gasteiger partial charge in [0.15, 0.2) is 0 Å². The van der Waals surface area contributed by atoms with Crippen LogP contribution in [0.25, 0.3) is 0 Å². The smallest absolute Gasteiger partial charge is 0.401 e. The summed E-state index contributed by atoms with van der Waals surface area (Å²) in [6.45, 7) is 1.40. The summed E-state index contributed by atoms with van der Waals surface area (Å²) in [5.74, 6) is 0.669. The number of benzene rings is 1. The molecule has 1 rings (SSSR count). The summed E-state index contributed by atoms with van der Waals surface area (Å²) in [5, 5.41) is 0. The maximum atomic E-state index is 12.7. The first kappa shape index (κ1) is 16.8. The fraction of sp³-hybridized carbons (Fsp3) is 0.571. The van der Waals surface area contributed by atoms with Gasteiger partial charge in [-0.1, -0.05) is 19.1 Å². The standard InChI is InChI=1S/C14H21F3N2O/c1-3-8-19(10-14(15,16)17)13(9-18)11-4-6-12(20-2)7-5-11/h4-7,13H,3,8-10,18H2,1-2H3. The fourth-order valence-corrected chi connectivity index (χ4v) is 2.18. The van der Waals surface area contributed by atoms with Crippen LogP contribution in [0.2, 0.25) is 0 Å². The molecule has 2 N–H and O–H groups in total. The van der Waals surface area contributed by atoms with Gasteiger partial charge in [0.2, 0.25) is 0 Å². The molecule has 0 aromatic heterocycles. The Morgan fingerprint density at radius 3 is 2.25 bits per heavy atom. The number of alkyl halides is 3. The summed E-state index contributed by atoms with van der Waals surface area (Å²) in [4.78, 5) is 1.38. The van der Waals surface area contributed by atoms with Gasteiger partial charge >= 0.3 is 6.18 Å². The van der Waals surface area contributed by atoms with E-state index in [1.54, 1.807) is 31.4 Å². The van der Waals surface area contributed by atoms with E-state index in [0.717, 1.165) is 5.56 Å². The number of nitrogens with two attached hydrogens (primary N) is 1. The van der Waals surface area contributed by atoms with Crippen LogP contribution in [0.5, 0.6) is 5.75 Å². The summed E-state index contributed by atoms with van der Waals surface area (Å²) in [7, 11) is 1.54. The number of rotatable bonds is 7. The largest absolute Gasteiger partial charge is 0.497 e. The highest BCUT2D eigenvalue weighted by molar-refractivity contribution is 5.29. The van der Waals surface area contributed by atoms with Crippen molar-refractivity contribution in [2.45, 2.75) is 25.6 Å². The molecule has 0 amide bonds. The molecule has 1 aromatic carbocycles. The van der Waals surface area contributed by atoms with Gasteiger partial charge in [-0.3, -0.25) is 4.90 Å². The predicted octanol–water partition coefficient (Wildman–Crippen LogP) is 2.97. The molecule has 0 fully saturated rings. The average molecular weight is 290 g/mol. The second-order valence-electron chi connectivity index (χ2n) is 4.61. The van der Waals surface area contributed by atoms with E-state index in [1.165, 1.54) is 4.90 Å². The molecule has 0 saturated carbocycles. The number of ether oxygens (including phenoxy) is 1. The third kappa shape index (κ3) is 5.02. The Labute approximate surface area is 117 Å². The number of nitrogens with zero attached hydrogens (tertiary/aromatic N) is 1. The zero-order chi connectivity index (χ0) is 15.2. The van der Waals surface area contributed by atoms with Crippen molar-refractivity contribution in [2.24, 2.45) is 5.73 Å². The summed E-state index contributed by atoms with van der Waals surface area (Å²) in [6, 6.07) is 6.54. The molecular formula is C14H21F3N2O. The van der Waals surface area contributed by atoms with Gasteiger partial charge in [0.25, 0.3) is 0 Å². The first-order valence-electron chi connectivity index (χ1n) is 6.56. The Kier molecular flexibility index (Phi) is 6.29. The molecule has 0 saturated heterocycles. The Hall–Kier alpha value is -1.27. The minimum Gasteiger partial charge on any atom is -0.497 e. The number of hydrogen-bond acceptors (Lipinski definition) is 3. The van der Waals surface area contributed by atoms with E-state index in [0.29, 0.717) is 18.7 Å². The second kappa shape index (κ2) is 7.50. The summed E-state index contributed by atoms with van der Waals surface area (Å²) in [6.07, 6.45) is -3.59. The average Bonchev–Trinajstić information content (AvgIpc) is 2.39. The molecule has 0 aliphatic rings. The van der Waals surface area contributed by atoms with Crippen molar-refractivity contribution in [3.63, 3.8) is 0 Å². The van der Waals surface area contributed by atoms with Gasteiger partial charge in [-0.05, 0) is 30.7 Å². The van der Waals surface area contributed by atoms with E-state index in [2.05, 4.69) is 0 Å². The number of methoxy groups -OCH3 is 1. The molecule has 3 nitrogen and oxygen atoms in total. The third-order valence-electron chi connectivity index (χ3n) is 3.06. The molecular weight excluding hydrogens is 269 g/mol. The number of hydrogen-bond donors (Lipinski definition) is 1. The topological polar surface area (TPSA) is 38.5 Å². The van der Waals surface area contributed by atoms with Gasteiger partial charge in [-0.2, -0.15) is 13.2 Å². The maximum Gasteiger partial charge on any atom is 0.401 e. The molecule has 0 aliphatic carbocycles. The van der Waals surface area contributed by atoms with Crippen LogP contribution in [0, 0.1) is 0 Å². The van der Waals surface area contributed by atoms with Crippen molar-refractivity contribution in [3.8, 4) is 5.75 Å². The molecule has 0 radical (unpaired) electrons. The molecule has 1 unspecified atom stereocenters. The van der Waals surface area contributed by atoms with Crippen molar-refractivity contribution < 1.29 is 17.9 Å². The van der Waals surface area contributed by atoms with Gasteiger partial charge in [-0.25, -0.2) is 0 Å². The van der Waals surface area contributed by atoms with Crippen LogP contribution in [0.15, 0.2) is 24.3 Å². The van der Waals surface area contributed by atoms with E-state index in [9.17, 15) is 13.2 Å². The molecule has 6 heteroatoms. The lowest BCUT2D eigenvalue weighted by atomic mass is 10.0. The summed E-state index contributed by atoms with van der Waals surface area (Å²) >= 11 is 0. The first-order valence-corrected chi connectivity index (χ1v) is 6.56. The zero-order valence-corrected chi connectivity index (χ0v) is 11.8. The van der Waals surface area contributed by atoms with Crippen molar-refractivity contribution in [1.29, 1.82) is 0 Å².